The Morgan fingerprint density at radius 3 is 2.17 bits per heavy atom. The molecule has 0 radical (unpaired) electrons. The van der Waals surface area contributed by atoms with E-state index in [1.807, 2.05) is 12.1 Å². The normalized spacial score (nSPS) is 35.0. The monoisotopic (exact) mass is 311 g/mol. The molecule has 0 heterocycles. The van der Waals surface area contributed by atoms with E-state index in [-0.39, 0.29) is 0 Å². The van der Waals surface area contributed by atoms with Crippen molar-refractivity contribution in [2.75, 3.05) is 0 Å². The summed E-state index contributed by atoms with van der Waals surface area (Å²) in [5.74, 6) is 2.00. The molecule has 122 valence electrons. The van der Waals surface area contributed by atoms with Crippen LogP contribution in [0.15, 0.2) is 30.3 Å². The van der Waals surface area contributed by atoms with Gasteiger partial charge in [0.05, 0.1) is 0 Å². The van der Waals surface area contributed by atoms with Crippen molar-refractivity contribution >= 4 is 12.0 Å². The Balaban J connectivity index is 1.38. The summed E-state index contributed by atoms with van der Waals surface area (Å²) in [6.07, 6.45) is 11.4. The van der Waals surface area contributed by atoms with Crippen molar-refractivity contribution in [2.24, 2.45) is 17.8 Å². The Morgan fingerprint density at radius 2 is 1.65 bits per heavy atom. The molecule has 2 N–H and O–H groups in total. The maximum Gasteiger partial charge on any atom is 0.328 e. The maximum absolute atomic E-state index is 10.6. The van der Waals surface area contributed by atoms with Gasteiger partial charge in [0.2, 0.25) is 0 Å². The van der Waals surface area contributed by atoms with Crippen LogP contribution < -0.4 is 5.32 Å². The van der Waals surface area contributed by atoms with Gasteiger partial charge in [-0.3, -0.25) is 0 Å². The van der Waals surface area contributed by atoms with Crippen molar-refractivity contribution in [1.82, 2.24) is 5.32 Å². The minimum Gasteiger partial charge on any atom is -0.478 e. The zero-order chi connectivity index (χ0) is 15.9. The van der Waals surface area contributed by atoms with Crippen molar-refractivity contribution in [3.63, 3.8) is 0 Å². The molecule has 4 aliphatic carbocycles. The van der Waals surface area contributed by atoms with Crippen LogP contribution in [0.3, 0.4) is 0 Å². The fourth-order valence-electron chi connectivity index (χ4n) is 5.53. The quantitative estimate of drug-likeness (QED) is 0.812. The first-order chi connectivity index (χ1) is 11.1. The van der Waals surface area contributed by atoms with E-state index in [0.717, 1.165) is 29.9 Å². The van der Waals surface area contributed by atoms with Gasteiger partial charge < -0.3 is 10.4 Å². The van der Waals surface area contributed by atoms with E-state index < -0.39 is 5.97 Å². The van der Waals surface area contributed by atoms with Crippen molar-refractivity contribution in [1.29, 1.82) is 0 Å². The number of rotatable bonds is 5. The van der Waals surface area contributed by atoms with Gasteiger partial charge >= 0.3 is 5.97 Å². The number of carbonyl (C=O) groups is 1. The maximum atomic E-state index is 10.6. The molecule has 0 saturated heterocycles. The first-order valence-electron chi connectivity index (χ1n) is 8.85. The molecule has 4 aliphatic rings. The Morgan fingerprint density at radius 1 is 1.09 bits per heavy atom. The molecule has 0 spiro atoms. The summed E-state index contributed by atoms with van der Waals surface area (Å²) in [4.78, 5) is 10.6. The van der Waals surface area contributed by atoms with Crippen molar-refractivity contribution in [3.05, 3.63) is 41.5 Å². The lowest BCUT2D eigenvalue weighted by atomic mass is 9.53. The van der Waals surface area contributed by atoms with Gasteiger partial charge in [-0.25, -0.2) is 4.79 Å². The van der Waals surface area contributed by atoms with Gasteiger partial charge in [-0.2, -0.15) is 0 Å². The molecule has 3 heteroatoms. The first-order valence-corrected chi connectivity index (χ1v) is 8.85. The Labute approximate surface area is 137 Å². The van der Waals surface area contributed by atoms with Gasteiger partial charge in [-0.15, -0.1) is 0 Å². The van der Waals surface area contributed by atoms with E-state index in [2.05, 4.69) is 17.4 Å². The Kier molecular flexibility index (Phi) is 3.76. The van der Waals surface area contributed by atoms with E-state index in [1.165, 1.54) is 50.2 Å². The number of carboxylic acids is 1. The van der Waals surface area contributed by atoms with Crippen LogP contribution in [0.25, 0.3) is 6.08 Å². The first kappa shape index (κ1) is 14.9. The van der Waals surface area contributed by atoms with Gasteiger partial charge in [-0.05, 0) is 73.5 Å². The largest absolute Gasteiger partial charge is 0.478 e. The van der Waals surface area contributed by atoms with Crippen LogP contribution in [0.4, 0.5) is 0 Å². The van der Waals surface area contributed by atoms with Gasteiger partial charge in [0.1, 0.15) is 0 Å². The van der Waals surface area contributed by atoms with Crippen LogP contribution in [0.5, 0.6) is 0 Å². The van der Waals surface area contributed by atoms with E-state index in [4.69, 9.17) is 5.11 Å². The lowest BCUT2D eigenvalue weighted by Gasteiger charge is -2.57. The number of aliphatic carboxylic acids is 1. The molecule has 0 amide bonds. The molecule has 0 atom stereocenters. The minimum atomic E-state index is -0.905. The van der Waals surface area contributed by atoms with Crippen molar-refractivity contribution < 1.29 is 9.90 Å². The average molecular weight is 311 g/mol. The van der Waals surface area contributed by atoms with Crippen molar-refractivity contribution in [3.8, 4) is 0 Å². The molecule has 3 nitrogen and oxygen atoms in total. The Hall–Kier alpha value is -1.61. The summed E-state index contributed by atoms with van der Waals surface area (Å²) in [5, 5.41) is 12.6. The SMILES string of the molecule is O=C(O)/C=C/c1ccc(CNC23CC4CC(CC(C4)C2)C3)cc1. The summed E-state index contributed by atoms with van der Waals surface area (Å²) in [5.41, 5.74) is 2.62. The minimum absolute atomic E-state index is 0.399. The molecule has 1 aromatic carbocycles. The van der Waals surface area contributed by atoms with Crippen LogP contribution in [0.1, 0.15) is 49.7 Å². The highest BCUT2D eigenvalue weighted by Gasteiger charge is 2.50. The zero-order valence-corrected chi connectivity index (χ0v) is 13.5. The van der Waals surface area contributed by atoms with Crippen LogP contribution in [0.2, 0.25) is 0 Å². The fraction of sp³-hybridized carbons (Fsp3) is 0.550. The third kappa shape index (κ3) is 3.20. The van der Waals surface area contributed by atoms with Gasteiger partial charge in [0.15, 0.2) is 0 Å². The molecule has 4 saturated carbocycles. The molecular weight excluding hydrogens is 286 g/mol. The van der Waals surface area contributed by atoms with Crippen LogP contribution in [-0.2, 0) is 11.3 Å². The highest BCUT2D eigenvalue weighted by molar-refractivity contribution is 5.85. The topological polar surface area (TPSA) is 49.3 Å². The summed E-state index contributed by atoms with van der Waals surface area (Å²) in [7, 11) is 0. The number of hydrogen-bond donors (Lipinski definition) is 2. The number of hydrogen-bond acceptors (Lipinski definition) is 2. The number of nitrogens with one attached hydrogen (secondary N) is 1. The second-order valence-corrected chi connectivity index (χ2v) is 7.96. The number of carboxylic acid groups (broad SMARTS) is 1. The lowest BCUT2D eigenvalue weighted by molar-refractivity contribution is -0.131. The third-order valence-corrected chi connectivity index (χ3v) is 6.10. The molecule has 0 aliphatic heterocycles. The van der Waals surface area contributed by atoms with Crippen LogP contribution in [0, 0.1) is 17.8 Å². The van der Waals surface area contributed by atoms with Gasteiger partial charge in [-0.1, -0.05) is 24.3 Å². The summed E-state index contributed by atoms with van der Waals surface area (Å²) < 4.78 is 0. The predicted octanol–water partition coefficient (Wildman–Crippen LogP) is 3.84. The molecular formula is C20H25NO2. The standard InChI is InChI=1S/C20H25NO2/c22-19(23)6-5-14-1-3-15(4-2-14)13-21-20-10-16-7-17(11-20)9-18(8-16)12-20/h1-6,16-18,21H,7-13H2,(H,22,23)/b6-5+. The molecule has 0 aromatic heterocycles. The third-order valence-electron chi connectivity index (χ3n) is 6.10. The van der Waals surface area contributed by atoms with Crippen LogP contribution >= 0.6 is 0 Å². The smallest absolute Gasteiger partial charge is 0.328 e. The molecule has 4 fully saturated rings. The molecule has 0 unspecified atom stereocenters. The molecule has 4 bridgehead atoms. The molecule has 1 aromatic rings. The number of benzene rings is 1. The van der Waals surface area contributed by atoms with E-state index in [9.17, 15) is 4.79 Å². The van der Waals surface area contributed by atoms with Gasteiger partial charge in [0, 0.05) is 18.2 Å². The van der Waals surface area contributed by atoms with Crippen LogP contribution in [-0.4, -0.2) is 16.6 Å². The molecule has 23 heavy (non-hydrogen) atoms. The Bertz CT molecular complexity index is 582. The average Bonchev–Trinajstić information content (AvgIpc) is 2.51. The highest BCUT2D eigenvalue weighted by atomic mass is 16.4. The fourth-order valence-corrected chi connectivity index (χ4v) is 5.53. The second kappa shape index (κ2) is 5.79. The summed E-state index contributed by atoms with van der Waals surface area (Å²) in [6.45, 7) is 0.926. The summed E-state index contributed by atoms with van der Waals surface area (Å²) >= 11 is 0. The van der Waals surface area contributed by atoms with E-state index in [0.29, 0.717) is 5.54 Å². The second-order valence-electron chi connectivity index (χ2n) is 7.96. The predicted molar refractivity (Wildman–Crippen MR) is 90.9 cm³/mol. The highest BCUT2D eigenvalue weighted by Crippen LogP contribution is 2.55. The lowest BCUT2D eigenvalue weighted by Crippen LogP contribution is -2.58. The summed E-state index contributed by atoms with van der Waals surface area (Å²) in [6, 6.07) is 8.20. The zero-order valence-electron chi connectivity index (χ0n) is 13.5. The van der Waals surface area contributed by atoms with Crippen molar-refractivity contribution in [2.45, 2.75) is 50.6 Å². The van der Waals surface area contributed by atoms with E-state index in [1.54, 1.807) is 6.08 Å². The van der Waals surface area contributed by atoms with Gasteiger partial charge in [0.25, 0.3) is 0 Å². The molecule has 5 rings (SSSR count). The van der Waals surface area contributed by atoms with E-state index >= 15 is 0 Å².